The van der Waals surface area contributed by atoms with Crippen molar-refractivity contribution in [2.24, 2.45) is 11.1 Å². The van der Waals surface area contributed by atoms with Crippen molar-refractivity contribution in [2.75, 3.05) is 0 Å². The van der Waals surface area contributed by atoms with Crippen LogP contribution in [0.15, 0.2) is 23.7 Å². The van der Waals surface area contributed by atoms with E-state index in [1.165, 1.54) is 0 Å². The smallest absolute Gasteiger partial charge is 0.150 e. The second kappa shape index (κ2) is 6.23. The van der Waals surface area contributed by atoms with E-state index in [1.54, 1.807) is 13.0 Å². The van der Waals surface area contributed by atoms with Gasteiger partial charge >= 0.3 is 0 Å². The number of hydrogen-bond acceptors (Lipinski definition) is 2. The molecule has 4 heteroatoms. The molecule has 0 atom stereocenters. The van der Waals surface area contributed by atoms with E-state index < -0.39 is 5.60 Å². The van der Waals surface area contributed by atoms with Gasteiger partial charge in [-0.1, -0.05) is 38.1 Å². The van der Waals surface area contributed by atoms with Crippen molar-refractivity contribution in [1.29, 1.82) is 5.41 Å². The van der Waals surface area contributed by atoms with E-state index in [2.05, 4.69) is 20.4 Å². The second-order valence-electron chi connectivity index (χ2n) is 6.00. The Morgan fingerprint density at radius 1 is 1.39 bits per heavy atom. The molecule has 0 aliphatic carbocycles. The van der Waals surface area contributed by atoms with Gasteiger partial charge in [0, 0.05) is 0 Å². The van der Waals surface area contributed by atoms with E-state index in [9.17, 15) is 5.11 Å². The fourth-order valence-corrected chi connectivity index (χ4v) is 1.34. The highest BCUT2D eigenvalue weighted by Gasteiger charge is 2.34. The Bertz CT molecular complexity index is 351. The van der Waals surface area contributed by atoms with Crippen LogP contribution in [0.1, 0.15) is 41.0 Å². The number of hydrogen-bond donors (Lipinski definition) is 3. The predicted molar refractivity (Wildman–Crippen MR) is 80.1 cm³/mol. The molecule has 0 saturated carbocycles. The van der Waals surface area contributed by atoms with Crippen LogP contribution in [0.5, 0.6) is 0 Å². The van der Waals surface area contributed by atoms with Gasteiger partial charge in [0.15, 0.2) is 7.28 Å². The summed E-state index contributed by atoms with van der Waals surface area (Å²) in [4.78, 5) is 0. The van der Waals surface area contributed by atoms with Crippen LogP contribution in [0.2, 0.25) is 6.32 Å². The normalized spacial score (nSPS) is 13.3. The highest BCUT2D eigenvalue weighted by atomic mass is 16.3. The van der Waals surface area contributed by atoms with E-state index in [1.807, 2.05) is 21.1 Å². The molecule has 0 spiro atoms. The van der Waals surface area contributed by atoms with Crippen LogP contribution in [0.4, 0.5) is 0 Å². The summed E-state index contributed by atoms with van der Waals surface area (Å²) in [6, 6.07) is 0. The van der Waals surface area contributed by atoms with Crippen molar-refractivity contribution in [3.8, 4) is 0 Å². The molecule has 4 N–H and O–H groups in total. The maximum atomic E-state index is 10.0. The average Bonchev–Trinajstić information content (AvgIpc) is 2.14. The molecule has 101 valence electrons. The molecule has 0 aliphatic heterocycles. The van der Waals surface area contributed by atoms with Crippen molar-refractivity contribution >= 4 is 13.1 Å². The largest absolute Gasteiger partial charge is 0.390 e. The monoisotopic (exact) mass is 249 g/mol. The van der Waals surface area contributed by atoms with Crippen molar-refractivity contribution in [1.82, 2.24) is 0 Å². The van der Waals surface area contributed by atoms with Gasteiger partial charge in [0.05, 0.1) is 5.60 Å². The molecule has 0 bridgehead atoms. The van der Waals surface area contributed by atoms with Crippen molar-refractivity contribution in [3.05, 3.63) is 23.7 Å². The third kappa shape index (κ3) is 5.54. The van der Waals surface area contributed by atoms with Crippen LogP contribution < -0.4 is 5.73 Å². The molecular weight excluding hydrogens is 223 g/mol. The molecule has 0 fully saturated rings. The molecule has 18 heavy (non-hydrogen) atoms. The molecule has 0 saturated heterocycles. The first-order valence-electron chi connectivity index (χ1n) is 6.24. The first-order valence-corrected chi connectivity index (χ1v) is 6.24. The van der Waals surface area contributed by atoms with Crippen LogP contribution in [0.25, 0.3) is 0 Å². The Balaban J connectivity index is 4.26. The molecule has 0 aromatic heterocycles. The summed E-state index contributed by atoms with van der Waals surface area (Å²) in [5, 5.41) is 17.3. The third-order valence-corrected chi connectivity index (χ3v) is 3.66. The minimum atomic E-state index is -0.701. The average molecular weight is 249 g/mol. The van der Waals surface area contributed by atoms with Crippen LogP contribution in [-0.4, -0.2) is 23.8 Å². The minimum Gasteiger partial charge on any atom is -0.390 e. The summed E-state index contributed by atoms with van der Waals surface area (Å²) < 4.78 is 0. The number of nitrogens with one attached hydrogen (secondary N) is 1. The second-order valence-corrected chi connectivity index (χ2v) is 6.00. The van der Waals surface area contributed by atoms with Crippen LogP contribution in [0.3, 0.4) is 0 Å². The van der Waals surface area contributed by atoms with Gasteiger partial charge in [-0.25, -0.2) is 0 Å². The van der Waals surface area contributed by atoms with Gasteiger partial charge in [0.25, 0.3) is 0 Å². The van der Waals surface area contributed by atoms with Crippen molar-refractivity contribution < 1.29 is 5.11 Å². The predicted octanol–water partition coefficient (Wildman–Crippen LogP) is 2.69. The number of aliphatic hydroxyl groups is 1. The van der Waals surface area contributed by atoms with Gasteiger partial charge in [0.2, 0.25) is 0 Å². The van der Waals surface area contributed by atoms with Gasteiger partial charge in [-0.05, 0) is 31.8 Å². The lowest BCUT2D eigenvalue weighted by molar-refractivity contribution is -0.0366. The van der Waals surface area contributed by atoms with Gasteiger partial charge in [-0.3, -0.25) is 5.41 Å². The lowest BCUT2D eigenvalue weighted by Crippen LogP contribution is -2.38. The summed E-state index contributed by atoms with van der Waals surface area (Å²) in [7, 11) is 2.01. The summed E-state index contributed by atoms with van der Waals surface area (Å²) in [6.07, 6.45) is 3.53. The molecule has 0 amide bonds. The molecule has 0 aromatic rings. The fraction of sp³-hybridized carbons (Fsp3) is 0.643. The Kier molecular flexibility index (Phi) is 5.88. The SMILES string of the molecule is C=C([B]CCC(C)(C)C(C)(C)O)/C=C(\C)C(=N)N. The van der Waals surface area contributed by atoms with Gasteiger partial charge < -0.3 is 10.8 Å². The Hall–Kier alpha value is -1.03. The molecular formula is C14H26BN2O. The summed E-state index contributed by atoms with van der Waals surface area (Å²) in [5.41, 5.74) is 6.09. The minimum absolute atomic E-state index is 0.0707. The van der Waals surface area contributed by atoms with E-state index >= 15 is 0 Å². The number of rotatable bonds is 7. The lowest BCUT2D eigenvalue weighted by atomic mass is 9.61. The topological polar surface area (TPSA) is 70.1 Å². The standard InChI is InChI=1S/C14H26BN2O/c1-10(12(16)17)9-11(2)15-8-7-13(3,4)14(5,6)18/h9,18H,2,7-8H2,1,3-6H3,(H3,16,17)/b10-9+. The molecule has 0 unspecified atom stereocenters. The van der Waals surface area contributed by atoms with Crippen LogP contribution >= 0.6 is 0 Å². The van der Waals surface area contributed by atoms with Gasteiger partial charge in [-0.15, -0.1) is 6.58 Å². The molecule has 1 radical (unpaired) electrons. The molecule has 0 aromatic carbocycles. The van der Waals surface area contributed by atoms with E-state index in [0.29, 0.717) is 0 Å². The number of allylic oxidation sites excluding steroid dienone is 2. The fourth-order valence-electron chi connectivity index (χ4n) is 1.34. The van der Waals surface area contributed by atoms with Crippen molar-refractivity contribution in [2.45, 2.75) is 53.0 Å². The summed E-state index contributed by atoms with van der Waals surface area (Å²) in [6.45, 7) is 13.5. The molecule has 3 nitrogen and oxygen atoms in total. The van der Waals surface area contributed by atoms with E-state index in [-0.39, 0.29) is 11.3 Å². The first-order chi connectivity index (χ1) is 7.97. The Morgan fingerprint density at radius 2 is 1.89 bits per heavy atom. The highest BCUT2D eigenvalue weighted by molar-refractivity contribution is 6.46. The Morgan fingerprint density at radius 3 is 2.28 bits per heavy atom. The quantitative estimate of drug-likeness (QED) is 0.281. The summed E-state index contributed by atoms with van der Waals surface area (Å²) >= 11 is 0. The molecule has 0 heterocycles. The third-order valence-electron chi connectivity index (χ3n) is 3.66. The maximum absolute atomic E-state index is 10.0. The lowest BCUT2D eigenvalue weighted by Gasteiger charge is -2.37. The zero-order valence-electron chi connectivity index (χ0n) is 12.3. The number of amidine groups is 1. The zero-order chi connectivity index (χ0) is 14.6. The van der Waals surface area contributed by atoms with Crippen LogP contribution in [0, 0.1) is 10.8 Å². The van der Waals surface area contributed by atoms with E-state index in [0.717, 1.165) is 23.8 Å². The highest BCUT2D eigenvalue weighted by Crippen LogP contribution is 2.35. The molecule has 0 aliphatic rings. The number of nitrogens with two attached hydrogens (primary N) is 1. The van der Waals surface area contributed by atoms with E-state index in [4.69, 9.17) is 11.1 Å². The maximum Gasteiger partial charge on any atom is 0.150 e. The van der Waals surface area contributed by atoms with Gasteiger partial charge in [-0.2, -0.15) is 0 Å². The molecule has 0 rings (SSSR count). The first kappa shape index (κ1) is 17.0. The van der Waals surface area contributed by atoms with Gasteiger partial charge in [0.1, 0.15) is 5.84 Å². The summed E-state index contributed by atoms with van der Waals surface area (Å²) in [5.74, 6) is 0.0707. The van der Waals surface area contributed by atoms with Crippen LogP contribution in [-0.2, 0) is 0 Å². The zero-order valence-corrected chi connectivity index (χ0v) is 12.3. The van der Waals surface area contributed by atoms with Crippen molar-refractivity contribution in [3.63, 3.8) is 0 Å². The Labute approximate surface area is 112 Å².